The fourth-order valence-electron chi connectivity index (χ4n) is 4.04. The first-order valence-electron chi connectivity index (χ1n) is 9.28. The number of carboxylic acids is 1. The molecule has 0 aromatic heterocycles. The molecule has 1 aliphatic carbocycles. The van der Waals surface area contributed by atoms with Crippen molar-refractivity contribution in [3.8, 4) is 0 Å². The van der Waals surface area contributed by atoms with Crippen LogP contribution in [0.5, 0.6) is 0 Å². The van der Waals surface area contributed by atoms with E-state index < -0.39 is 5.97 Å². The van der Waals surface area contributed by atoms with Crippen LogP contribution in [0.1, 0.15) is 64.2 Å². The molecule has 0 unspecified atom stereocenters. The molecule has 0 spiro atoms. The standard InChI is InChI=1S/C18H32N2O3/c1-19(14-17(21)22)16-10-7-12-20(13-11-16)18(23)15-8-5-3-2-4-6-9-15/h15-16H,2-14H2,1H3,(H,21,22)/t16-/m0/s1. The molecule has 1 aliphatic heterocycles. The maximum absolute atomic E-state index is 12.8. The van der Waals surface area contributed by atoms with Crippen molar-refractivity contribution in [2.24, 2.45) is 5.92 Å². The molecule has 0 aromatic rings. The van der Waals surface area contributed by atoms with Crippen LogP contribution in [-0.4, -0.2) is 59.5 Å². The van der Waals surface area contributed by atoms with Crippen LogP contribution in [-0.2, 0) is 9.59 Å². The molecule has 1 N–H and O–H groups in total. The number of carbonyl (C=O) groups is 2. The summed E-state index contributed by atoms with van der Waals surface area (Å²) in [6.07, 6.45) is 11.2. The molecular weight excluding hydrogens is 292 g/mol. The number of hydrogen-bond acceptors (Lipinski definition) is 3. The van der Waals surface area contributed by atoms with Crippen LogP contribution in [0.2, 0.25) is 0 Å². The van der Waals surface area contributed by atoms with Gasteiger partial charge in [-0.3, -0.25) is 14.5 Å². The molecule has 2 rings (SSSR count). The van der Waals surface area contributed by atoms with E-state index in [2.05, 4.69) is 4.90 Å². The summed E-state index contributed by atoms with van der Waals surface area (Å²) in [5.74, 6) is -0.198. The lowest BCUT2D eigenvalue weighted by atomic mass is 9.90. The van der Waals surface area contributed by atoms with Crippen molar-refractivity contribution in [1.29, 1.82) is 0 Å². The Morgan fingerprint density at radius 1 is 0.957 bits per heavy atom. The summed E-state index contributed by atoms with van der Waals surface area (Å²) >= 11 is 0. The van der Waals surface area contributed by atoms with Gasteiger partial charge in [-0.1, -0.05) is 32.1 Å². The predicted molar refractivity (Wildman–Crippen MR) is 90.3 cm³/mol. The molecule has 0 radical (unpaired) electrons. The van der Waals surface area contributed by atoms with Gasteiger partial charge in [0.15, 0.2) is 0 Å². The Balaban J connectivity index is 1.86. The quantitative estimate of drug-likeness (QED) is 0.864. The van der Waals surface area contributed by atoms with E-state index in [4.69, 9.17) is 5.11 Å². The van der Waals surface area contributed by atoms with Crippen molar-refractivity contribution < 1.29 is 14.7 Å². The lowest BCUT2D eigenvalue weighted by Gasteiger charge is -2.28. The van der Waals surface area contributed by atoms with Gasteiger partial charge in [0.05, 0.1) is 6.54 Å². The minimum absolute atomic E-state index is 0.0846. The molecule has 2 fully saturated rings. The Hall–Kier alpha value is -1.10. The van der Waals surface area contributed by atoms with E-state index in [1.807, 2.05) is 11.9 Å². The SMILES string of the molecule is CN(CC(=O)O)[C@H]1CCCN(C(=O)C2CCCCCCC2)CC1. The van der Waals surface area contributed by atoms with Crippen molar-refractivity contribution >= 4 is 11.9 Å². The number of aliphatic carboxylic acids is 1. The van der Waals surface area contributed by atoms with Crippen LogP contribution in [0, 0.1) is 5.92 Å². The van der Waals surface area contributed by atoms with Crippen LogP contribution < -0.4 is 0 Å². The smallest absolute Gasteiger partial charge is 0.317 e. The molecule has 1 saturated heterocycles. The first-order chi connectivity index (χ1) is 11.1. The first kappa shape index (κ1) is 18.2. The van der Waals surface area contributed by atoms with E-state index >= 15 is 0 Å². The number of likely N-dealkylation sites (N-methyl/N-ethyl adjacent to an activating group) is 1. The average Bonchev–Trinajstić information content (AvgIpc) is 2.71. The van der Waals surface area contributed by atoms with Gasteiger partial charge in [-0.15, -0.1) is 0 Å². The fraction of sp³-hybridized carbons (Fsp3) is 0.889. The van der Waals surface area contributed by atoms with Gasteiger partial charge in [-0.25, -0.2) is 0 Å². The Bertz CT molecular complexity index is 392. The Kier molecular flexibility index (Phi) is 7.34. The maximum atomic E-state index is 12.8. The lowest BCUT2D eigenvalue weighted by Crippen LogP contribution is -2.39. The van der Waals surface area contributed by atoms with Crippen molar-refractivity contribution in [2.75, 3.05) is 26.7 Å². The number of rotatable bonds is 4. The monoisotopic (exact) mass is 324 g/mol. The molecule has 1 amide bonds. The first-order valence-corrected chi connectivity index (χ1v) is 9.28. The molecule has 1 heterocycles. The Labute approximate surface area is 140 Å². The summed E-state index contributed by atoms with van der Waals surface area (Å²) in [6.45, 7) is 1.71. The lowest BCUT2D eigenvalue weighted by molar-refractivity contribution is -0.139. The third-order valence-corrected chi connectivity index (χ3v) is 5.47. The topological polar surface area (TPSA) is 60.9 Å². The molecular formula is C18H32N2O3. The van der Waals surface area contributed by atoms with E-state index in [-0.39, 0.29) is 18.5 Å². The van der Waals surface area contributed by atoms with Gasteiger partial charge in [-0.05, 0) is 39.2 Å². The van der Waals surface area contributed by atoms with Gasteiger partial charge in [0, 0.05) is 25.0 Å². The van der Waals surface area contributed by atoms with Crippen molar-refractivity contribution in [2.45, 2.75) is 70.3 Å². The van der Waals surface area contributed by atoms with Crippen LogP contribution in [0.25, 0.3) is 0 Å². The molecule has 1 saturated carbocycles. The van der Waals surface area contributed by atoms with Crippen molar-refractivity contribution in [3.05, 3.63) is 0 Å². The van der Waals surface area contributed by atoms with Gasteiger partial charge in [-0.2, -0.15) is 0 Å². The minimum atomic E-state index is -0.779. The van der Waals surface area contributed by atoms with Gasteiger partial charge >= 0.3 is 5.97 Å². The Morgan fingerprint density at radius 2 is 1.61 bits per heavy atom. The highest BCUT2D eigenvalue weighted by Gasteiger charge is 2.28. The highest BCUT2D eigenvalue weighted by atomic mass is 16.4. The molecule has 23 heavy (non-hydrogen) atoms. The number of hydrogen-bond donors (Lipinski definition) is 1. The number of nitrogens with zero attached hydrogens (tertiary/aromatic N) is 2. The van der Waals surface area contributed by atoms with E-state index in [0.717, 1.165) is 45.2 Å². The molecule has 1 atom stereocenters. The van der Waals surface area contributed by atoms with Crippen LogP contribution >= 0.6 is 0 Å². The summed E-state index contributed by atoms with van der Waals surface area (Å²) in [6, 6.07) is 0.279. The zero-order valence-corrected chi connectivity index (χ0v) is 14.5. The van der Waals surface area contributed by atoms with E-state index in [1.54, 1.807) is 0 Å². The molecule has 5 heteroatoms. The highest BCUT2D eigenvalue weighted by Crippen LogP contribution is 2.25. The fourth-order valence-corrected chi connectivity index (χ4v) is 4.04. The van der Waals surface area contributed by atoms with Crippen molar-refractivity contribution in [1.82, 2.24) is 9.80 Å². The van der Waals surface area contributed by atoms with E-state index in [1.165, 1.54) is 32.1 Å². The second-order valence-electron chi connectivity index (χ2n) is 7.26. The number of likely N-dealkylation sites (tertiary alicyclic amines) is 1. The third-order valence-electron chi connectivity index (χ3n) is 5.47. The zero-order chi connectivity index (χ0) is 16.7. The van der Waals surface area contributed by atoms with Gasteiger partial charge in [0.1, 0.15) is 0 Å². The molecule has 5 nitrogen and oxygen atoms in total. The number of carbonyl (C=O) groups excluding carboxylic acids is 1. The van der Waals surface area contributed by atoms with E-state index in [0.29, 0.717) is 5.91 Å². The number of amides is 1. The normalized spacial score (nSPS) is 24.8. The van der Waals surface area contributed by atoms with Crippen LogP contribution in [0.15, 0.2) is 0 Å². The molecule has 2 aliphatic rings. The van der Waals surface area contributed by atoms with Crippen LogP contribution in [0.4, 0.5) is 0 Å². The Morgan fingerprint density at radius 3 is 2.26 bits per heavy atom. The predicted octanol–water partition coefficient (Wildman–Crippen LogP) is 2.74. The third kappa shape index (κ3) is 5.79. The second kappa shape index (κ2) is 9.26. The summed E-state index contributed by atoms with van der Waals surface area (Å²) in [4.78, 5) is 27.7. The van der Waals surface area contributed by atoms with Crippen molar-refractivity contribution in [3.63, 3.8) is 0 Å². The van der Waals surface area contributed by atoms with Gasteiger partial charge in [0.25, 0.3) is 0 Å². The molecule has 132 valence electrons. The van der Waals surface area contributed by atoms with Gasteiger partial charge < -0.3 is 10.0 Å². The summed E-state index contributed by atoms with van der Waals surface area (Å²) < 4.78 is 0. The zero-order valence-electron chi connectivity index (χ0n) is 14.5. The summed E-state index contributed by atoms with van der Waals surface area (Å²) in [5, 5.41) is 8.94. The van der Waals surface area contributed by atoms with Crippen LogP contribution in [0.3, 0.4) is 0 Å². The maximum Gasteiger partial charge on any atom is 0.317 e. The number of carboxylic acid groups (broad SMARTS) is 1. The largest absolute Gasteiger partial charge is 0.480 e. The molecule has 0 bridgehead atoms. The van der Waals surface area contributed by atoms with Gasteiger partial charge in [0.2, 0.25) is 5.91 Å². The average molecular weight is 324 g/mol. The summed E-state index contributed by atoms with van der Waals surface area (Å²) in [5.41, 5.74) is 0. The summed E-state index contributed by atoms with van der Waals surface area (Å²) in [7, 11) is 1.88. The van der Waals surface area contributed by atoms with E-state index in [9.17, 15) is 9.59 Å². The minimum Gasteiger partial charge on any atom is -0.480 e. The molecule has 0 aromatic carbocycles. The second-order valence-corrected chi connectivity index (χ2v) is 7.26. The highest BCUT2D eigenvalue weighted by molar-refractivity contribution is 5.78.